The third-order valence-corrected chi connectivity index (χ3v) is 5.06. The average molecular weight is 360 g/mol. The summed E-state index contributed by atoms with van der Waals surface area (Å²) < 4.78 is 10.8. The van der Waals surface area contributed by atoms with Gasteiger partial charge in [-0.15, -0.1) is 0 Å². The minimum atomic E-state index is -0.126. The zero-order valence-corrected chi connectivity index (χ0v) is 15.0. The highest BCUT2D eigenvalue weighted by Gasteiger charge is 2.35. The van der Waals surface area contributed by atoms with Gasteiger partial charge in [0.05, 0.1) is 7.11 Å². The van der Waals surface area contributed by atoms with E-state index in [1.165, 1.54) is 5.56 Å². The van der Waals surface area contributed by atoms with Crippen molar-refractivity contribution in [1.82, 2.24) is 5.32 Å². The third kappa shape index (κ3) is 4.14. The zero-order chi connectivity index (χ0) is 17.7. The predicted molar refractivity (Wildman–Crippen MR) is 98.5 cm³/mol. The molecule has 3 rings (SSSR count). The number of halogens is 1. The Kier molecular flexibility index (Phi) is 5.61. The molecule has 2 aromatic rings. The Bertz CT molecular complexity index is 724. The van der Waals surface area contributed by atoms with E-state index in [0.29, 0.717) is 30.3 Å². The van der Waals surface area contributed by atoms with Gasteiger partial charge in [-0.05, 0) is 48.7 Å². The Hall–Kier alpha value is -2.04. The first-order valence-electron chi connectivity index (χ1n) is 8.39. The molecule has 0 saturated carbocycles. The van der Waals surface area contributed by atoms with E-state index in [4.69, 9.17) is 21.1 Å². The van der Waals surface area contributed by atoms with E-state index in [0.717, 1.165) is 18.6 Å². The largest absolute Gasteiger partial charge is 0.497 e. The smallest absolute Gasteiger partial charge is 0.251 e. The first kappa shape index (κ1) is 17.8. The van der Waals surface area contributed by atoms with Crippen LogP contribution in [0.1, 0.15) is 28.8 Å². The number of nitrogens with one attached hydrogen (secondary N) is 1. The molecule has 1 amide bonds. The summed E-state index contributed by atoms with van der Waals surface area (Å²) in [6.45, 7) is 1.95. The van der Waals surface area contributed by atoms with E-state index >= 15 is 0 Å². The van der Waals surface area contributed by atoms with Crippen LogP contribution in [0.25, 0.3) is 0 Å². The molecule has 5 heteroatoms. The number of carbonyl (C=O) groups is 1. The Morgan fingerprint density at radius 1 is 1.20 bits per heavy atom. The lowest BCUT2D eigenvalue weighted by atomic mass is 9.74. The number of rotatable bonds is 5. The highest BCUT2D eigenvalue weighted by Crippen LogP contribution is 2.35. The summed E-state index contributed by atoms with van der Waals surface area (Å²) in [6.07, 6.45) is 1.74. The van der Waals surface area contributed by atoms with Crippen LogP contribution >= 0.6 is 11.6 Å². The molecule has 0 radical (unpaired) electrons. The lowest BCUT2D eigenvalue weighted by molar-refractivity contribution is 0.0487. The van der Waals surface area contributed by atoms with E-state index in [1.807, 2.05) is 12.1 Å². The van der Waals surface area contributed by atoms with Gasteiger partial charge in [-0.25, -0.2) is 0 Å². The van der Waals surface area contributed by atoms with Crippen molar-refractivity contribution >= 4 is 17.5 Å². The standard InChI is InChI=1S/C20H22ClNO3/c1-24-18-7-5-16(6-8-18)20(9-11-25-12-10-20)14-22-19(23)15-3-2-4-17(21)13-15/h2-8,13H,9-12,14H2,1H3,(H,22,23). The normalized spacial score (nSPS) is 16.2. The summed E-state index contributed by atoms with van der Waals surface area (Å²) in [6, 6.07) is 15.1. The predicted octanol–water partition coefficient (Wildman–Crippen LogP) is 3.83. The topological polar surface area (TPSA) is 47.6 Å². The summed E-state index contributed by atoms with van der Waals surface area (Å²) in [5, 5.41) is 3.64. The molecule has 1 saturated heterocycles. The van der Waals surface area contributed by atoms with E-state index in [1.54, 1.807) is 31.4 Å². The summed E-state index contributed by atoms with van der Waals surface area (Å²) in [5.41, 5.74) is 1.64. The van der Waals surface area contributed by atoms with Crippen LogP contribution in [-0.4, -0.2) is 32.8 Å². The van der Waals surface area contributed by atoms with Crippen molar-refractivity contribution < 1.29 is 14.3 Å². The van der Waals surface area contributed by atoms with Crippen LogP contribution in [-0.2, 0) is 10.2 Å². The minimum Gasteiger partial charge on any atom is -0.497 e. The molecule has 0 aliphatic carbocycles. The highest BCUT2D eigenvalue weighted by molar-refractivity contribution is 6.30. The van der Waals surface area contributed by atoms with E-state index < -0.39 is 0 Å². The first-order valence-corrected chi connectivity index (χ1v) is 8.77. The SMILES string of the molecule is COc1ccc(C2(CNC(=O)c3cccc(Cl)c3)CCOCC2)cc1. The Balaban J connectivity index is 1.77. The second kappa shape index (κ2) is 7.89. The molecule has 1 N–H and O–H groups in total. The minimum absolute atomic E-state index is 0.109. The maximum absolute atomic E-state index is 12.5. The number of hydrogen-bond donors (Lipinski definition) is 1. The van der Waals surface area contributed by atoms with Gasteiger partial charge in [-0.2, -0.15) is 0 Å². The molecule has 1 aliphatic rings. The molecule has 1 heterocycles. The van der Waals surface area contributed by atoms with Gasteiger partial charge in [0.15, 0.2) is 0 Å². The van der Waals surface area contributed by atoms with Crippen LogP contribution in [0.2, 0.25) is 5.02 Å². The molecule has 1 aliphatic heterocycles. The van der Waals surface area contributed by atoms with Crippen molar-refractivity contribution in [2.45, 2.75) is 18.3 Å². The molecule has 1 fully saturated rings. The zero-order valence-electron chi connectivity index (χ0n) is 14.3. The second-order valence-electron chi connectivity index (χ2n) is 6.31. The van der Waals surface area contributed by atoms with Crippen LogP contribution in [0.5, 0.6) is 5.75 Å². The number of amides is 1. The van der Waals surface area contributed by atoms with Gasteiger partial charge in [-0.1, -0.05) is 29.8 Å². The molecule has 0 unspecified atom stereocenters. The lowest BCUT2D eigenvalue weighted by Gasteiger charge is -2.38. The van der Waals surface area contributed by atoms with Crippen molar-refractivity contribution in [3.63, 3.8) is 0 Å². The number of hydrogen-bond acceptors (Lipinski definition) is 3. The number of ether oxygens (including phenoxy) is 2. The molecule has 2 aromatic carbocycles. The molecule has 25 heavy (non-hydrogen) atoms. The fourth-order valence-electron chi connectivity index (χ4n) is 3.26. The average Bonchev–Trinajstić information content (AvgIpc) is 2.67. The Morgan fingerprint density at radius 3 is 2.56 bits per heavy atom. The van der Waals surface area contributed by atoms with E-state index in [2.05, 4.69) is 17.4 Å². The van der Waals surface area contributed by atoms with Crippen LogP contribution in [0.15, 0.2) is 48.5 Å². The monoisotopic (exact) mass is 359 g/mol. The Labute approximate surface area is 153 Å². The first-order chi connectivity index (χ1) is 12.1. The highest BCUT2D eigenvalue weighted by atomic mass is 35.5. The molecule has 0 aromatic heterocycles. The van der Waals surface area contributed by atoms with Crippen molar-refractivity contribution in [2.75, 3.05) is 26.9 Å². The van der Waals surface area contributed by atoms with Crippen molar-refractivity contribution in [2.24, 2.45) is 0 Å². The van der Waals surface area contributed by atoms with E-state index in [9.17, 15) is 4.79 Å². The number of benzene rings is 2. The van der Waals surface area contributed by atoms with Crippen LogP contribution < -0.4 is 10.1 Å². The van der Waals surface area contributed by atoms with Gasteiger partial charge >= 0.3 is 0 Å². The Morgan fingerprint density at radius 2 is 1.92 bits per heavy atom. The fourth-order valence-corrected chi connectivity index (χ4v) is 3.45. The molecular formula is C20H22ClNO3. The van der Waals surface area contributed by atoms with Gasteiger partial charge in [0, 0.05) is 35.8 Å². The number of methoxy groups -OCH3 is 1. The fraction of sp³-hybridized carbons (Fsp3) is 0.350. The van der Waals surface area contributed by atoms with Gasteiger partial charge < -0.3 is 14.8 Å². The van der Waals surface area contributed by atoms with Crippen molar-refractivity contribution in [1.29, 1.82) is 0 Å². The van der Waals surface area contributed by atoms with Crippen LogP contribution in [0.4, 0.5) is 0 Å². The van der Waals surface area contributed by atoms with Gasteiger partial charge in [0.25, 0.3) is 5.91 Å². The molecule has 0 spiro atoms. The second-order valence-corrected chi connectivity index (χ2v) is 6.75. The molecular weight excluding hydrogens is 338 g/mol. The summed E-state index contributed by atoms with van der Waals surface area (Å²) in [7, 11) is 1.66. The van der Waals surface area contributed by atoms with E-state index in [-0.39, 0.29) is 11.3 Å². The lowest BCUT2D eigenvalue weighted by Crippen LogP contribution is -2.44. The molecule has 0 bridgehead atoms. The van der Waals surface area contributed by atoms with Gasteiger partial charge in [-0.3, -0.25) is 4.79 Å². The van der Waals surface area contributed by atoms with Gasteiger partial charge in [0.1, 0.15) is 5.75 Å². The van der Waals surface area contributed by atoms with Crippen LogP contribution in [0.3, 0.4) is 0 Å². The van der Waals surface area contributed by atoms with Crippen LogP contribution in [0, 0.1) is 0 Å². The number of carbonyl (C=O) groups excluding carboxylic acids is 1. The van der Waals surface area contributed by atoms with Crippen molar-refractivity contribution in [3.8, 4) is 5.75 Å². The maximum Gasteiger partial charge on any atom is 0.251 e. The van der Waals surface area contributed by atoms with Gasteiger partial charge in [0.2, 0.25) is 0 Å². The third-order valence-electron chi connectivity index (χ3n) is 4.83. The molecule has 4 nitrogen and oxygen atoms in total. The molecule has 0 atom stereocenters. The summed E-state index contributed by atoms with van der Waals surface area (Å²) >= 11 is 5.98. The quantitative estimate of drug-likeness (QED) is 0.882. The molecule has 132 valence electrons. The van der Waals surface area contributed by atoms with Crippen molar-refractivity contribution in [3.05, 3.63) is 64.7 Å². The maximum atomic E-state index is 12.5. The summed E-state index contributed by atoms with van der Waals surface area (Å²) in [5.74, 6) is 0.718. The summed E-state index contributed by atoms with van der Waals surface area (Å²) in [4.78, 5) is 12.5.